The van der Waals surface area contributed by atoms with Gasteiger partial charge in [-0.05, 0) is 62.1 Å². The SMILES string of the molecule is C=CCCCCCNc1cccc2c1CCCC2. The van der Waals surface area contributed by atoms with Gasteiger partial charge in [0.2, 0.25) is 0 Å². The van der Waals surface area contributed by atoms with Gasteiger partial charge < -0.3 is 5.32 Å². The number of nitrogens with one attached hydrogen (secondary N) is 1. The number of rotatable bonds is 7. The molecule has 0 bridgehead atoms. The van der Waals surface area contributed by atoms with Crippen molar-refractivity contribution >= 4 is 5.69 Å². The largest absolute Gasteiger partial charge is 0.385 e. The van der Waals surface area contributed by atoms with Crippen LogP contribution in [-0.4, -0.2) is 6.54 Å². The molecule has 1 aliphatic rings. The third-order valence-corrected chi connectivity index (χ3v) is 3.80. The molecule has 0 saturated heterocycles. The summed E-state index contributed by atoms with van der Waals surface area (Å²) in [7, 11) is 0. The fraction of sp³-hybridized carbons (Fsp3) is 0.529. The van der Waals surface area contributed by atoms with Gasteiger partial charge in [-0.3, -0.25) is 0 Å². The van der Waals surface area contributed by atoms with E-state index in [-0.39, 0.29) is 0 Å². The molecule has 0 radical (unpaired) electrons. The van der Waals surface area contributed by atoms with Crippen LogP contribution >= 0.6 is 0 Å². The standard InChI is InChI=1S/C17H25N/c1-2-3-4-5-8-14-18-17-13-9-11-15-10-6-7-12-16(15)17/h2,9,11,13,18H,1,3-8,10,12,14H2. The molecule has 0 fully saturated rings. The summed E-state index contributed by atoms with van der Waals surface area (Å²) in [6.45, 7) is 4.86. The second-order valence-corrected chi connectivity index (χ2v) is 5.22. The Bertz CT molecular complexity index is 381. The molecule has 0 amide bonds. The molecule has 0 spiro atoms. The first-order valence-electron chi connectivity index (χ1n) is 7.37. The van der Waals surface area contributed by atoms with Gasteiger partial charge >= 0.3 is 0 Å². The maximum absolute atomic E-state index is 3.76. The van der Waals surface area contributed by atoms with Gasteiger partial charge in [0.05, 0.1) is 0 Å². The van der Waals surface area contributed by atoms with E-state index in [2.05, 4.69) is 30.1 Å². The van der Waals surface area contributed by atoms with Crippen molar-refractivity contribution in [3.63, 3.8) is 0 Å². The third kappa shape index (κ3) is 3.63. The van der Waals surface area contributed by atoms with Gasteiger partial charge in [0.15, 0.2) is 0 Å². The van der Waals surface area contributed by atoms with Crippen molar-refractivity contribution in [2.75, 3.05) is 11.9 Å². The van der Waals surface area contributed by atoms with Crippen molar-refractivity contribution < 1.29 is 0 Å². The van der Waals surface area contributed by atoms with Crippen molar-refractivity contribution in [2.24, 2.45) is 0 Å². The van der Waals surface area contributed by atoms with Crippen LogP contribution in [0.25, 0.3) is 0 Å². The molecule has 1 aliphatic carbocycles. The number of fused-ring (bicyclic) bond motifs is 1. The van der Waals surface area contributed by atoms with Gasteiger partial charge in [-0.2, -0.15) is 0 Å². The lowest BCUT2D eigenvalue weighted by Crippen LogP contribution is -2.09. The molecular weight excluding hydrogens is 218 g/mol. The van der Waals surface area contributed by atoms with Crippen LogP contribution < -0.4 is 5.32 Å². The van der Waals surface area contributed by atoms with Gasteiger partial charge in [-0.15, -0.1) is 6.58 Å². The molecule has 1 N–H and O–H groups in total. The molecule has 98 valence electrons. The first-order chi connectivity index (χ1) is 8.92. The van der Waals surface area contributed by atoms with Crippen molar-refractivity contribution in [1.29, 1.82) is 0 Å². The van der Waals surface area contributed by atoms with Crippen LogP contribution in [0.3, 0.4) is 0 Å². The Morgan fingerprint density at radius 3 is 2.89 bits per heavy atom. The summed E-state index contributed by atoms with van der Waals surface area (Å²) >= 11 is 0. The Labute approximate surface area is 111 Å². The molecule has 1 aromatic rings. The number of unbranched alkanes of at least 4 members (excludes halogenated alkanes) is 3. The zero-order valence-electron chi connectivity index (χ0n) is 11.4. The number of anilines is 1. The Kier molecular flexibility index (Phi) is 5.32. The summed E-state index contributed by atoms with van der Waals surface area (Å²) in [6, 6.07) is 6.74. The summed E-state index contributed by atoms with van der Waals surface area (Å²) in [4.78, 5) is 0. The summed E-state index contributed by atoms with van der Waals surface area (Å²) < 4.78 is 0. The van der Waals surface area contributed by atoms with Crippen LogP contribution in [0.2, 0.25) is 0 Å². The minimum Gasteiger partial charge on any atom is -0.385 e. The number of hydrogen-bond donors (Lipinski definition) is 1. The van der Waals surface area contributed by atoms with E-state index in [9.17, 15) is 0 Å². The predicted molar refractivity (Wildman–Crippen MR) is 80.2 cm³/mol. The maximum Gasteiger partial charge on any atom is 0.0375 e. The molecule has 0 unspecified atom stereocenters. The highest BCUT2D eigenvalue weighted by molar-refractivity contribution is 5.55. The minimum absolute atomic E-state index is 1.10. The molecular formula is C17H25N. The quantitative estimate of drug-likeness (QED) is 0.539. The molecule has 18 heavy (non-hydrogen) atoms. The molecule has 0 saturated carbocycles. The molecule has 2 rings (SSSR count). The van der Waals surface area contributed by atoms with E-state index in [1.165, 1.54) is 50.6 Å². The predicted octanol–water partition coefficient (Wildman–Crippen LogP) is 4.72. The lowest BCUT2D eigenvalue weighted by atomic mass is 9.90. The van der Waals surface area contributed by atoms with E-state index in [1.54, 1.807) is 11.1 Å². The van der Waals surface area contributed by atoms with E-state index >= 15 is 0 Å². The van der Waals surface area contributed by atoms with Crippen molar-refractivity contribution in [1.82, 2.24) is 0 Å². The first-order valence-corrected chi connectivity index (χ1v) is 7.37. The van der Waals surface area contributed by atoms with Crippen LogP contribution in [0.5, 0.6) is 0 Å². The van der Waals surface area contributed by atoms with Gasteiger partial charge in [0, 0.05) is 12.2 Å². The Balaban J connectivity index is 1.80. The minimum atomic E-state index is 1.10. The number of aryl methyl sites for hydroxylation is 1. The number of benzene rings is 1. The lowest BCUT2D eigenvalue weighted by molar-refractivity contribution is 0.683. The topological polar surface area (TPSA) is 12.0 Å². The lowest BCUT2D eigenvalue weighted by Gasteiger charge is -2.20. The second kappa shape index (κ2) is 7.25. The monoisotopic (exact) mass is 243 g/mol. The molecule has 1 nitrogen and oxygen atoms in total. The Morgan fingerprint density at radius 2 is 2.00 bits per heavy atom. The van der Waals surface area contributed by atoms with E-state index < -0.39 is 0 Å². The van der Waals surface area contributed by atoms with Gasteiger partial charge in [-0.1, -0.05) is 24.6 Å². The van der Waals surface area contributed by atoms with Gasteiger partial charge in [0.1, 0.15) is 0 Å². The Morgan fingerprint density at radius 1 is 1.11 bits per heavy atom. The van der Waals surface area contributed by atoms with Crippen LogP contribution in [0.4, 0.5) is 5.69 Å². The number of allylic oxidation sites excluding steroid dienone is 1. The summed E-state index contributed by atoms with van der Waals surface area (Å²) in [5.41, 5.74) is 4.53. The molecule has 0 atom stereocenters. The average Bonchev–Trinajstić information content (AvgIpc) is 2.43. The fourth-order valence-corrected chi connectivity index (χ4v) is 2.76. The van der Waals surface area contributed by atoms with Gasteiger partial charge in [-0.25, -0.2) is 0 Å². The van der Waals surface area contributed by atoms with Crippen LogP contribution in [-0.2, 0) is 12.8 Å². The van der Waals surface area contributed by atoms with Crippen molar-refractivity contribution in [3.8, 4) is 0 Å². The van der Waals surface area contributed by atoms with Crippen molar-refractivity contribution in [2.45, 2.75) is 51.4 Å². The van der Waals surface area contributed by atoms with E-state index in [4.69, 9.17) is 0 Å². The molecule has 1 aromatic carbocycles. The van der Waals surface area contributed by atoms with E-state index in [0.29, 0.717) is 0 Å². The van der Waals surface area contributed by atoms with Crippen LogP contribution in [0.15, 0.2) is 30.9 Å². The highest BCUT2D eigenvalue weighted by Crippen LogP contribution is 2.27. The van der Waals surface area contributed by atoms with Crippen LogP contribution in [0.1, 0.15) is 49.7 Å². The molecule has 0 heterocycles. The maximum atomic E-state index is 3.76. The molecule has 1 heteroatoms. The summed E-state index contributed by atoms with van der Waals surface area (Å²) in [5, 5.41) is 3.62. The molecule has 0 aromatic heterocycles. The molecule has 0 aliphatic heterocycles. The van der Waals surface area contributed by atoms with Crippen molar-refractivity contribution in [3.05, 3.63) is 42.0 Å². The first kappa shape index (κ1) is 13.2. The zero-order valence-corrected chi connectivity index (χ0v) is 11.4. The Hall–Kier alpha value is -1.24. The normalized spacial score (nSPS) is 14.0. The highest BCUT2D eigenvalue weighted by Gasteiger charge is 2.11. The highest BCUT2D eigenvalue weighted by atomic mass is 14.9. The smallest absolute Gasteiger partial charge is 0.0375 e. The second-order valence-electron chi connectivity index (χ2n) is 5.22. The van der Waals surface area contributed by atoms with E-state index in [1.807, 2.05) is 6.08 Å². The fourth-order valence-electron chi connectivity index (χ4n) is 2.76. The summed E-state index contributed by atoms with van der Waals surface area (Å²) in [5.74, 6) is 0. The zero-order chi connectivity index (χ0) is 12.6. The summed E-state index contributed by atoms with van der Waals surface area (Å²) in [6.07, 6.45) is 12.2. The number of hydrogen-bond acceptors (Lipinski definition) is 1. The average molecular weight is 243 g/mol. The van der Waals surface area contributed by atoms with Gasteiger partial charge in [0.25, 0.3) is 0 Å². The van der Waals surface area contributed by atoms with Crippen LogP contribution in [0, 0.1) is 0 Å². The van der Waals surface area contributed by atoms with E-state index in [0.717, 1.165) is 13.0 Å². The third-order valence-electron chi connectivity index (χ3n) is 3.80.